The number of aliphatic carboxylic acids is 1. The third-order valence-electron chi connectivity index (χ3n) is 4.16. The first kappa shape index (κ1) is 19.2. The molecule has 2 saturated heterocycles. The summed E-state index contributed by atoms with van der Waals surface area (Å²) in [5, 5.41) is 11.2. The quantitative estimate of drug-likeness (QED) is 0.701. The van der Waals surface area contributed by atoms with Gasteiger partial charge in [0, 0.05) is 28.4 Å². The van der Waals surface area contributed by atoms with Crippen LogP contribution in [0.1, 0.15) is 19.3 Å². The van der Waals surface area contributed by atoms with E-state index in [1.165, 1.54) is 11.8 Å². The van der Waals surface area contributed by atoms with E-state index in [4.69, 9.17) is 11.6 Å². The van der Waals surface area contributed by atoms with E-state index in [0.717, 1.165) is 0 Å². The molecule has 26 heavy (non-hydrogen) atoms. The average molecular weight is 416 g/mol. The zero-order valence-electron chi connectivity index (χ0n) is 13.6. The van der Waals surface area contributed by atoms with Crippen LogP contribution in [0.25, 0.3) is 0 Å². The van der Waals surface area contributed by atoms with Crippen LogP contribution in [0.2, 0.25) is 5.02 Å². The summed E-state index contributed by atoms with van der Waals surface area (Å²) in [6, 6.07) is 6.61. The lowest BCUT2D eigenvalue weighted by atomic mass is 10.2. The fourth-order valence-electron chi connectivity index (χ4n) is 3.01. The second-order valence-corrected chi connectivity index (χ2v) is 9.96. The number of amides is 1. The SMILES string of the molecule is O=C([O-])CCCC(=O)N=C1S[C@@H]2CS(=O)(=O)C[C@H]2N1c1ccc(Cl)cc1. The maximum Gasteiger partial charge on any atom is 0.248 e. The molecule has 0 unspecified atom stereocenters. The molecule has 0 N–H and O–H groups in total. The average Bonchev–Trinajstić information content (AvgIpc) is 2.99. The van der Waals surface area contributed by atoms with Crippen molar-refractivity contribution in [1.29, 1.82) is 0 Å². The Morgan fingerprint density at radius 1 is 1.23 bits per heavy atom. The third kappa shape index (κ3) is 4.39. The molecular weight excluding hydrogens is 400 g/mol. The number of hydrogen-bond acceptors (Lipinski definition) is 6. The summed E-state index contributed by atoms with van der Waals surface area (Å²) in [6.45, 7) is 0. The Bertz CT molecular complexity index is 854. The Hall–Kier alpha value is -1.58. The molecule has 2 aliphatic heterocycles. The van der Waals surface area contributed by atoms with Gasteiger partial charge in [-0.15, -0.1) is 0 Å². The first-order valence-electron chi connectivity index (χ1n) is 7.98. The molecule has 0 aliphatic carbocycles. The highest BCUT2D eigenvalue weighted by molar-refractivity contribution is 8.16. The van der Waals surface area contributed by atoms with E-state index in [2.05, 4.69) is 4.99 Å². The van der Waals surface area contributed by atoms with E-state index >= 15 is 0 Å². The number of benzene rings is 1. The number of aliphatic imine (C=N–C) groups is 1. The Morgan fingerprint density at radius 3 is 2.58 bits per heavy atom. The third-order valence-corrected chi connectivity index (χ3v) is 7.62. The molecule has 0 radical (unpaired) electrons. The smallest absolute Gasteiger partial charge is 0.248 e. The van der Waals surface area contributed by atoms with Crippen molar-refractivity contribution >= 4 is 55.9 Å². The maximum atomic E-state index is 12.1. The number of amidine groups is 1. The number of carbonyl (C=O) groups excluding carboxylic acids is 2. The number of thioether (sulfide) groups is 1. The minimum atomic E-state index is -3.13. The molecule has 0 saturated carbocycles. The molecule has 2 heterocycles. The van der Waals surface area contributed by atoms with Gasteiger partial charge in [0.25, 0.3) is 0 Å². The van der Waals surface area contributed by atoms with Crippen LogP contribution >= 0.6 is 23.4 Å². The van der Waals surface area contributed by atoms with E-state index in [1.807, 2.05) is 0 Å². The molecular formula is C16H16ClN2O5S2-. The molecule has 7 nitrogen and oxygen atoms in total. The molecule has 0 spiro atoms. The van der Waals surface area contributed by atoms with E-state index in [-0.39, 0.29) is 42.1 Å². The predicted octanol–water partition coefficient (Wildman–Crippen LogP) is 0.862. The Kier molecular flexibility index (Phi) is 5.59. The molecule has 140 valence electrons. The number of carbonyl (C=O) groups is 2. The molecule has 2 aliphatic rings. The predicted molar refractivity (Wildman–Crippen MR) is 99.1 cm³/mol. The summed E-state index contributed by atoms with van der Waals surface area (Å²) in [6.07, 6.45) is -0.0426. The molecule has 0 bridgehead atoms. The van der Waals surface area contributed by atoms with Crippen molar-refractivity contribution in [2.75, 3.05) is 16.4 Å². The molecule has 1 aromatic rings. The summed E-state index contributed by atoms with van der Waals surface area (Å²) in [5.74, 6) is -1.59. The van der Waals surface area contributed by atoms with Crippen LogP contribution in [0, 0.1) is 0 Å². The highest BCUT2D eigenvalue weighted by Crippen LogP contribution is 2.41. The van der Waals surface area contributed by atoms with Gasteiger partial charge in [-0.25, -0.2) is 8.42 Å². The second-order valence-electron chi connectivity index (χ2n) is 6.16. The van der Waals surface area contributed by atoms with Gasteiger partial charge in [0.2, 0.25) is 5.91 Å². The van der Waals surface area contributed by atoms with Crippen molar-refractivity contribution in [3.05, 3.63) is 29.3 Å². The maximum absolute atomic E-state index is 12.1. The van der Waals surface area contributed by atoms with Gasteiger partial charge >= 0.3 is 0 Å². The molecule has 2 atom stereocenters. The van der Waals surface area contributed by atoms with Crippen LogP contribution in [0.4, 0.5) is 5.69 Å². The van der Waals surface area contributed by atoms with E-state index in [1.54, 1.807) is 29.2 Å². The highest BCUT2D eigenvalue weighted by Gasteiger charge is 2.49. The van der Waals surface area contributed by atoms with Crippen molar-refractivity contribution in [3.8, 4) is 0 Å². The molecule has 10 heteroatoms. The van der Waals surface area contributed by atoms with Gasteiger partial charge in [0.15, 0.2) is 15.0 Å². The van der Waals surface area contributed by atoms with Crippen LogP contribution < -0.4 is 10.0 Å². The van der Waals surface area contributed by atoms with Gasteiger partial charge in [0.05, 0.1) is 17.5 Å². The standard InChI is InChI=1S/C16H17ClN2O5S2/c17-10-4-6-11(7-5-10)19-12-8-26(23,24)9-13(12)25-16(19)18-14(20)2-1-3-15(21)22/h4-7,12-13H,1-3,8-9H2,(H,21,22)/p-1/t12-,13-/m1/s1. The zero-order chi connectivity index (χ0) is 18.9. The molecule has 2 fully saturated rings. The van der Waals surface area contributed by atoms with Crippen molar-refractivity contribution in [1.82, 2.24) is 0 Å². The number of rotatable bonds is 5. The number of hydrogen-bond donors (Lipinski definition) is 0. The number of sulfone groups is 1. The number of fused-ring (bicyclic) bond motifs is 1. The van der Waals surface area contributed by atoms with Crippen LogP contribution in [-0.2, 0) is 19.4 Å². The number of halogens is 1. The Morgan fingerprint density at radius 2 is 1.92 bits per heavy atom. The van der Waals surface area contributed by atoms with Crippen molar-refractivity contribution < 1.29 is 23.1 Å². The Balaban J connectivity index is 1.84. The molecule has 1 amide bonds. The van der Waals surface area contributed by atoms with Crippen molar-refractivity contribution in [2.24, 2.45) is 4.99 Å². The zero-order valence-corrected chi connectivity index (χ0v) is 16.0. The van der Waals surface area contributed by atoms with Gasteiger partial charge < -0.3 is 14.8 Å². The molecule has 0 aromatic heterocycles. The normalized spacial score (nSPS) is 25.4. The van der Waals surface area contributed by atoms with Gasteiger partial charge in [-0.05, 0) is 37.1 Å². The minimum Gasteiger partial charge on any atom is -0.550 e. The summed E-state index contributed by atoms with van der Waals surface area (Å²) >= 11 is 7.19. The summed E-state index contributed by atoms with van der Waals surface area (Å²) in [7, 11) is -3.13. The molecule has 1 aromatic carbocycles. The summed E-state index contributed by atoms with van der Waals surface area (Å²) in [4.78, 5) is 28.4. The number of carboxylic acids is 1. The lowest BCUT2D eigenvalue weighted by Crippen LogP contribution is -2.37. The second kappa shape index (κ2) is 7.58. The van der Waals surface area contributed by atoms with E-state index in [9.17, 15) is 23.1 Å². The van der Waals surface area contributed by atoms with Crippen LogP contribution in [0.15, 0.2) is 29.3 Å². The summed E-state index contributed by atoms with van der Waals surface area (Å²) < 4.78 is 24.0. The van der Waals surface area contributed by atoms with Gasteiger partial charge in [-0.3, -0.25) is 4.79 Å². The van der Waals surface area contributed by atoms with Gasteiger partial charge in [0.1, 0.15) is 0 Å². The highest BCUT2D eigenvalue weighted by atomic mass is 35.5. The first-order valence-corrected chi connectivity index (χ1v) is 11.1. The van der Waals surface area contributed by atoms with E-state index < -0.39 is 21.7 Å². The first-order chi connectivity index (χ1) is 12.2. The van der Waals surface area contributed by atoms with Crippen LogP contribution in [-0.4, -0.2) is 48.3 Å². The fraction of sp³-hybridized carbons (Fsp3) is 0.438. The number of carboxylic acid groups (broad SMARTS) is 1. The van der Waals surface area contributed by atoms with Crippen molar-refractivity contribution in [2.45, 2.75) is 30.6 Å². The molecule has 3 rings (SSSR count). The monoisotopic (exact) mass is 415 g/mol. The lowest BCUT2D eigenvalue weighted by Gasteiger charge is -2.24. The Labute approximate surface area is 160 Å². The van der Waals surface area contributed by atoms with Crippen LogP contribution in [0.3, 0.4) is 0 Å². The van der Waals surface area contributed by atoms with Gasteiger partial charge in [-0.1, -0.05) is 23.4 Å². The summed E-state index contributed by atoms with van der Waals surface area (Å²) in [5.41, 5.74) is 0.716. The fourth-order valence-corrected chi connectivity index (χ4v) is 7.07. The van der Waals surface area contributed by atoms with Crippen molar-refractivity contribution in [3.63, 3.8) is 0 Å². The largest absolute Gasteiger partial charge is 0.550 e. The lowest BCUT2D eigenvalue weighted by molar-refractivity contribution is -0.305. The van der Waals surface area contributed by atoms with Gasteiger partial charge in [-0.2, -0.15) is 4.99 Å². The van der Waals surface area contributed by atoms with E-state index in [0.29, 0.717) is 15.9 Å². The topological polar surface area (TPSA) is 107 Å². The van der Waals surface area contributed by atoms with Crippen LogP contribution in [0.5, 0.6) is 0 Å². The number of nitrogens with zero attached hydrogens (tertiary/aromatic N) is 2. The number of anilines is 1. The minimum absolute atomic E-state index is 0.000129.